The third-order valence-electron chi connectivity index (χ3n) is 3.70. The van der Waals surface area contributed by atoms with Gasteiger partial charge in [0.15, 0.2) is 4.80 Å². The van der Waals surface area contributed by atoms with Crippen molar-refractivity contribution in [1.29, 1.82) is 0 Å². The Kier molecular flexibility index (Phi) is 5.58. The van der Waals surface area contributed by atoms with E-state index in [2.05, 4.69) is 4.99 Å². The van der Waals surface area contributed by atoms with Gasteiger partial charge in [-0.25, -0.2) is 4.39 Å². The Morgan fingerprint density at radius 1 is 1.19 bits per heavy atom. The van der Waals surface area contributed by atoms with Crippen LogP contribution in [-0.4, -0.2) is 23.1 Å². The van der Waals surface area contributed by atoms with Crippen LogP contribution in [-0.2, 0) is 16.1 Å². The number of esters is 1. The Balaban J connectivity index is 2.00. The molecule has 0 N–H and O–H groups in total. The number of carbonyl (C=O) groups is 2. The fourth-order valence-electron chi connectivity index (χ4n) is 2.53. The van der Waals surface area contributed by atoms with Gasteiger partial charge in [-0.05, 0) is 37.3 Å². The number of ether oxygens (including phenoxy) is 1. The molecule has 0 fully saturated rings. The van der Waals surface area contributed by atoms with Gasteiger partial charge in [0.1, 0.15) is 5.82 Å². The smallest absolute Gasteiger partial charge is 0.307 e. The van der Waals surface area contributed by atoms with Crippen molar-refractivity contribution in [2.45, 2.75) is 19.9 Å². The van der Waals surface area contributed by atoms with Gasteiger partial charge >= 0.3 is 5.97 Å². The zero-order chi connectivity index (χ0) is 18.5. The van der Waals surface area contributed by atoms with E-state index in [0.717, 1.165) is 16.3 Å². The summed E-state index contributed by atoms with van der Waals surface area (Å²) in [7, 11) is 0. The van der Waals surface area contributed by atoms with Crippen LogP contribution in [0.2, 0.25) is 0 Å². The topological polar surface area (TPSA) is 60.7 Å². The molecule has 0 unspecified atom stereocenters. The van der Waals surface area contributed by atoms with Crippen molar-refractivity contribution < 1.29 is 18.7 Å². The lowest BCUT2D eigenvalue weighted by Gasteiger charge is -2.05. The largest absolute Gasteiger partial charge is 0.466 e. The number of hydrogen-bond donors (Lipinski definition) is 0. The second-order valence-corrected chi connectivity index (χ2v) is 6.50. The van der Waals surface area contributed by atoms with Crippen LogP contribution in [0.1, 0.15) is 23.7 Å². The summed E-state index contributed by atoms with van der Waals surface area (Å²) >= 11 is 1.35. The number of hydrogen-bond acceptors (Lipinski definition) is 4. The average Bonchev–Trinajstić information content (AvgIpc) is 2.97. The maximum Gasteiger partial charge on any atom is 0.307 e. The first-order valence-corrected chi connectivity index (χ1v) is 8.98. The van der Waals surface area contributed by atoms with E-state index < -0.39 is 11.7 Å². The molecule has 0 atom stereocenters. The zero-order valence-corrected chi connectivity index (χ0v) is 15.0. The molecule has 1 aromatic heterocycles. The number of para-hydroxylation sites is 1. The number of aromatic nitrogens is 1. The van der Waals surface area contributed by atoms with Gasteiger partial charge in [-0.3, -0.25) is 9.59 Å². The van der Waals surface area contributed by atoms with E-state index in [4.69, 9.17) is 4.74 Å². The molecule has 1 amide bonds. The molecule has 0 saturated carbocycles. The number of carbonyl (C=O) groups excluding carboxylic acids is 2. The third kappa shape index (κ3) is 4.05. The lowest BCUT2D eigenvalue weighted by Crippen LogP contribution is -2.19. The fraction of sp³-hybridized carbons (Fsp3) is 0.211. The van der Waals surface area contributed by atoms with E-state index in [0.29, 0.717) is 18.0 Å². The summed E-state index contributed by atoms with van der Waals surface area (Å²) < 4.78 is 21.1. The van der Waals surface area contributed by atoms with Crippen LogP contribution in [0.3, 0.4) is 0 Å². The highest BCUT2D eigenvalue weighted by atomic mass is 32.1. The second kappa shape index (κ2) is 8.05. The van der Waals surface area contributed by atoms with E-state index >= 15 is 0 Å². The molecule has 0 aliphatic heterocycles. The Labute approximate surface area is 153 Å². The molecule has 2 aromatic carbocycles. The van der Waals surface area contributed by atoms with Crippen LogP contribution in [0.15, 0.2) is 53.5 Å². The molecule has 0 bridgehead atoms. The predicted molar refractivity (Wildman–Crippen MR) is 97.4 cm³/mol. The first-order valence-electron chi connectivity index (χ1n) is 8.17. The van der Waals surface area contributed by atoms with Crippen molar-refractivity contribution in [3.8, 4) is 0 Å². The van der Waals surface area contributed by atoms with Gasteiger partial charge in [0.2, 0.25) is 0 Å². The lowest BCUT2D eigenvalue weighted by atomic mass is 10.2. The highest BCUT2D eigenvalue weighted by Gasteiger charge is 2.11. The molecule has 0 aliphatic rings. The van der Waals surface area contributed by atoms with Gasteiger partial charge < -0.3 is 9.30 Å². The van der Waals surface area contributed by atoms with E-state index in [1.54, 1.807) is 6.92 Å². The van der Waals surface area contributed by atoms with Crippen molar-refractivity contribution in [1.82, 2.24) is 4.57 Å². The minimum absolute atomic E-state index is 0.176. The molecule has 5 nitrogen and oxygen atoms in total. The SMILES string of the molecule is CCOC(=O)CCn1c(=NC(=O)c2cccc(F)c2)sc2ccccc21. The molecule has 7 heteroatoms. The zero-order valence-electron chi connectivity index (χ0n) is 14.1. The summed E-state index contributed by atoms with van der Waals surface area (Å²) in [4.78, 5) is 28.7. The number of thiazole rings is 1. The fourth-order valence-corrected chi connectivity index (χ4v) is 3.59. The van der Waals surface area contributed by atoms with Crippen LogP contribution in [0.25, 0.3) is 10.2 Å². The van der Waals surface area contributed by atoms with Gasteiger partial charge in [0, 0.05) is 12.1 Å². The molecule has 3 rings (SSSR count). The Morgan fingerprint density at radius 3 is 2.77 bits per heavy atom. The molecule has 1 heterocycles. The Bertz CT molecular complexity index is 1020. The number of fused-ring (bicyclic) bond motifs is 1. The summed E-state index contributed by atoms with van der Waals surface area (Å²) in [5, 5.41) is 0. The van der Waals surface area contributed by atoms with Crippen LogP contribution in [0.4, 0.5) is 4.39 Å². The average molecular weight is 372 g/mol. The standard InChI is InChI=1S/C19H17FN2O3S/c1-2-25-17(23)10-11-22-15-8-3-4-9-16(15)26-19(22)21-18(24)13-6-5-7-14(20)12-13/h3-9,12H,2,10-11H2,1H3. The molecule has 0 radical (unpaired) electrons. The molecule has 3 aromatic rings. The number of benzene rings is 2. The summed E-state index contributed by atoms with van der Waals surface area (Å²) in [6, 6.07) is 13.0. The number of aryl methyl sites for hydroxylation is 1. The van der Waals surface area contributed by atoms with Crippen LogP contribution >= 0.6 is 11.3 Å². The highest BCUT2D eigenvalue weighted by molar-refractivity contribution is 7.16. The second-order valence-electron chi connectivity index (χ2n) is 5.49. The predicted octanol–water partition coefficient (Wildman–Crippen LogP) is 3.54. The molecule has 0 spiro atoms. The normalized spacial score (nSPS) is 11.7. The summed E-state index contributed by atoms with van der Waals surface area (Å²) in [6.45, 7) is 2.42. The molecule has 26 heavy (non-hydrogen) atoms. The molecule has 0 saturated heterocycles. The van der Waals surface area contributed by atoms with Gasteiger partial charge in [-0.15, -0.1) is 0 Å². The van der Waals surface area contributed by atoms with Crippen molar-refractivity contribution >= 4 is 33.4 Å². The molecular formula is C19H17FN2O3S. The van der Waals surface area contributed by atoms with Crippen molar-refractivity contribution in [3.05, 3.63) is 64.7 Å². The van der Waals surface area contributed by atoms with E-state index in [1.165, 1.54) is 29.5 Å². The quantitative estimate of drug-likeness (QED) is 0.644. The number of halogens is 1. The number of nitrogens with zero attached hydrogens (tertiary/aromatic N) is 2. The Hall–Kier alpha value is -2.80. The van der Waals surface area contributed by atoms with Crippen molar-refractivity contribution in [2.24, 2.45) is 4.99 Å². The minimum Gasteiger partial charge on any atom is -0.466 e. The number of amides is 1. The summed E-state index contributed by atoms with van der Waals surface area (Å²) in [5.41, 5.74) is 1.06. The maximum atomic E-state index is 13.3. The van der Waals surface area contributed by atoms with Crippen LogP contribution in [0, 0.1) is 5.82 Å². The molecule has 134 valence electrons. The van der Waals surface area contributed by atoms with E-state index in [1.807, 2.05) is 28.8 Å². The van der Waals surface area contributed by atoms with E-state index in [9.17, 15) is 14.0 Å². The minimum atomic E-state index is -0.527. The van der Waals surface area contributed by atoms with Gasteiger partial charge in [-0.2, -0.15) is 4.99 Å². The summed E-state index contributed by atoms with van der Waals surface area (Å²) in [6.07, 6.45) is 0.176. The lowest BCUT2D eigenvalue weighted by molar-refractivity contribution is -0.143. The monoisotopic (exact) mass is 372 g/mol. The molecule has 0 aliphatic carbocycles. The van der Waals surface area contributed by atoms with Crippen LogP contribution in [0.5, 0.6) is 0 Å². The Morgan fingerprint density at radius 2 is 2.00 bits per heavy atom. The third-order valence-corrected chi connectivity index (χ3v) is 4.76. The van der Waals surface area contributed by atoms with Crippen molar-refractivity contribution in [3.63, 3.8) is 0 Å². The van der Waals surface area contributed by atoms with Crippen LogP contribution < -0.4 is 4.80 Å². The first-order chi connectivity index (χ1) is 12.6. The summed E-state index contributed by atoms with van der Waals surface area (Å²) in [5.74, 6) is -1.32. The molecular weight excluding hydrogens is 355 g/mol. The van der Waals surface area contributed by atoms with E-state index in [-0.39, 0.29) is 18.0 Å². The van der Waals surface area contributed by atoms with Gasteiger partial charge in [0.05, 0.1) is 23.2 Å². The highest BCUT2D eigenvalue weighted by Crippen LogP contribution is 2.17. The number of rotatable bonds is 5. The van der Waals surface area contributed by atoms with Gasteiger partial charge in [-0.1, -0.05) is 29.5 Å². The maximum absolute atomic E-state index is 13.3. The van der Waals surface area contributed by atoms with Gasteiger partial charge in [0.25, 0.3) is 5.91 Å². The first kappa shape index (κ1) is 18.0. The van der Waals surface area contributed by atoms with Crippen molar-refractivity contribution in [2.75, 3.05) is 6.61 Å².